The van der Waals surface area contributed by atoms with Crippen LogP contribution in [0, 0.1) is 3.57 Å². The Morgan fingerprint density at radius 3 is 2.69 bits per heavy atom. The van der Waals surface area contributed by atoms with E-state index in [1.807, 2.05) is 0 Å². The summed E-state index contributed by atoms with van der Waals surface area (Å²) in [7, 11) is 0. The van der Waals surface area contributed by atoms with Crippen LogP contribution in [0.3, 0.4) is 0 Å². The van der Waals surface area contributed by atoms with E-state index >= 15 is 0 Å². The molecule has 0 saturated carbocycles. The van der Waals surface area contributed by atoms with E-state index in [0.29, 0.717) is 5.88 Å². The van der Waals surface area contributed by atoms with Crippen molar-refractivity contribution in [3.8, 4) is 0 Å². The smallest absolute Gasteiger partial charge is 0.0477 e. The van der Waals surface area contributed by atoms with Gasteiger partial charge in [-0.1, -0.05) is 22.0 Å². The molecular weight excluding hydrogens is 362 g/mol. The predicted octanol–water partition coefficient (Wildman–Crippen LogP) is 4.36. The zero-order valence-electron chi connectivity index (χ0n) is 7.19. The first-order valence-corrected chi connectivity index (χ1v) is 6.90. The second-order valence-electron chi connectivity index (χ2n) is 2.84. The first-order valence-electron chi connectivity index (χ1n) is 4.17. The van der Waals surface area contributed by atoms with Gasteiger partial charge in [-0.2, -0.15) is 0 Å². The molecule has 3 heteroatoms. The summed E-state index contributed by atoms with van der Waals surface area (Å²) in [5, 5.41) is 1.06. The van der Waals surface area contributed by atoms with E-state index in [2.05, 4.69) is 56.7 Å². The fourth-order valence-electron chi connectivity index (χ4n) is 1.22. The molecule has 1 rings (SSSR count). The van der Waals surface area contributed by atoms with E-state index < -0.39 is 0 Å². The Kier molecular flexibility index (Phi) is 5.67. The molecule has 0 bridgehead atoms. The Hall–Kier alpha value is 0.720. The summed E-state index contributed by atoms with van der Waals surface area (Å²) < 4.78 is 1.26. The molecule has 0 atom stereocenters. The summed E-state index contributed by atoms with van der Waals surface area (Å²) >= 11 is 11.6. The Bertz CT molecular complexity index is 276. The van der Waals surface area contributed by atoms with E-state index in [9.17, 15) is 0 Å². The van der Waals surface area contributed by atoms with E-state index in [1.54, 1.807) is 0 Å². The molecule has 0 radical (unpaired) electrons. The quantitative estimate of drug-likeness (QED) is 0.544. The third-order valence-electron chi connectivity index (χ3n) is 1.89. The van der Waals surface area contributed by atoms with Gasteiger partial charge in [-0.25, -0.2) is 0 Å². The van der Waals surface area contributed by atoms with Gasteiger partial charge in [0.1, 0.15) is 0 Å². The molecule has 1 aromatic carbocycles. The lowest BCUT2D eigenvalue weighted by atomic mass is 10.0. The van der Waals surface area contributed by atoms with Gasteiger partial charge in [-0.15, -0.1) is 11.6 Å². The minimum Gasteiger partial charge on any atom is -0.122 e. The summed E-state index contributed by atoms with van der Waals surface area (Å²) in [6.45, 7) is 0. The molecule has 0 N–H and O–H groups in total. The summed E-state index contributed by atoms with van der Waals surface area (Å²) in [5.74, 6) is 0.620. The lowest BCUT2D eigenvalue weighted by Gasteiger charge is -2.06. The number of hydrogen-bond donors (Lipinski definition) is 0. The maximum Gasteiger partial charge on any atom is 0.0477 e. The molecule has 0 nitrogen and oxygen atoms in total. The minimum absolute atomic E-state index is 0.620. The van der Waals surface area contributed by atoms with Crippen LogP contribution in [0.5, 0.6) is 0 Å². The average molecular weight is 373 g/mol. The molecular formula is C10H11BrClI. The van der Waals surface area contributed by atoms with Crippen molar-refractivity contribution in [2.75, 3.05) is 5.33 Å². The molecule has 0 aliphatic carbocycles. The normalized spacial score (nSPS) is 10.4. The van der Waals surface area contributed by atoms with Gasteiger partial charge in [0, 0.05) is 14.8 Å². The summed E-state index contributed by atoms with van der Waals surface area (Å²) in [6, 6.07) is 6.49. The van der Waals surface area contributed by atoms with Crippen LogP contribution >= 0.6 is 50.1 Å². The van der Waals surface area contributed by atoms with Crippen molar-refractivity contribution in [1.29, 1.82) is 0 Å². The molecule has 0 fully saturated rings. The second-order valence-corrected chi connectivity index (χ2v) is 5.15. The van der Waals surface area contributed by atoms with Gasteiger partial charge >= 0.3 is 0 Å². The maximum atomic E-state index is 5.87. The van der Waals surface area contributed by atoms with Gasteiger partial charge in [-0.3, -0.25) is 0 Å². The Labute approximate surface area is 106 Å². The molecule has 0 aromatic heterocycles. The van der Waals surface area contributed by atoms with Crippen molar-refractivity contribution >= 4 is 50.1 Å². The number of rotatable bonds is 4. The van der Waals surface area contributed by atoms with Crippen LogP contribution in [0.15, 0.2) is 18.2 Å². The third-order valence-corrected chi connectivity index (χ3v) is 3.41. The van der Waals surface area contributed by atoms with E-state index in [-0.39, 0.29) is 0 Å². The zero-order valence-corrected chi connectivity index (χ0v) is 11.7. The number of aryl methyl sites for hydroxylation is 1. The molecule has 1 aromatic rings. The number of benzene rings is 1. The SMILES string of the molecule is ClCc1cc(I)ccc1CCCBr. The van der Waals surface area contributed by atoms with Gasteiger partial charge in [0.05, 0.1) is 0 Å². The van der Waals surface area contributed by atoms with E-state index in [4.69, 9.17) is 11.6 Å². The highest BCUT2D eigenvalue weighted by Crippen LogP contribution is 2.17. The highest BCUT2D eigenvalue weighted by molar-refractivity contribution is 14.1. The minimum atomic E-state index is 0.620. The molecule has 0 amide bonds. The van der Waals surface area contributed by atoms with Crippen LogP contribution in [-0.2, 0) is 12.3 Å². The largest absolute Gasteiger partial charge is 0.122 e. The number of halogens is 3. The first kappa shape index (κ1) is 11.8. The molecule has 72 valence electrons. The highest BCUT2D eigenvalue weighted by atomic mass is 127. The van der Waals surface area contributed by atoms with Gasteiger partial charge in [0.15, 0.2) is 0 Å². The predicted molar refractivity (Wildman–Crippen MR) is 70.8 cm³/mol. The molecule has 0 spiro atoms. The maximum absolute atomic E-state index is 5.87. The topological polar surface area (TPSA) is 0 Å². The summed E-state index contributed by atoms with van der Waals surface area (Å²) in [6.07, 6.45) is 2.29. The van der Waals surface area contributed by atoms with Gasteiger partial charge in [0.25, 0.3) is 0 Å². The van der Waals surface area contributed by atoms with Crippen molar-refractivity contribution in [3.05, 3.63) is 32.9 Å². The van der Waals surface area contributed by atoms with Gasteiger partial charge in [0.2, 0.25) is 0 Å². The Morgan fingerprint density at radius 1 is 1.31 bits per heavy atom. The fourth-order valence-corrected chi connectivity index (χ4v) is 2.30. The third kappa shape index (κ3) is 3.76. The molecule has 0 aliphatic rings. The van der Waals surface area contributed by atoms with Crippen LogP contribution in [0.1, 0.15) is 17.5 Å². The number of alkyl halides is 2. The van der Waals surface area contributed by atoms with Gasteiger partial charge in [-0.05, 0) is 58.7 Å². The highest BCUT2D eigenvalue weighted by Gasteiger charge is 2.01. The van der Waals surface area contributed by atoms with E-state index in [1.165, 1.54) is 21.1 Å². The van der Waals surface area contributed by atoms with E-state index in [0.717, 1.165) is 11.8 Å². The number of hydrogen-bond acceptors (Lipinski definition) is 0. The Morgan fingerprint density at radius 2 is 2.08 bits per heavy atom. The molecule has 0 heterocycles. The fraction of sp³-hybridized carbons (Fsp3) is 0.400. The Balaban J connectivity index is 2.79. The van der Waals surface area contributed by atoms with Crippen molar-refractivity contribution in [1.82, 2.24) is 0 Å². The van der Waals surface area contributed by atoms with Crippen molar-refractivity contribution in [2.45, 2.75) is 18.7 Å². The van der Waals surface area contributed by atoms with Crippen LogP contribution in [0.25, 0.3) is 0 Å². The first-order chi connectivity index (χ1) is 6.27. The van der Waals surface area contributed by atoms with Gasteiger partial charge < -0.3 is 0 Å². The second kappa shape index (κ2) is 6.25. The van der Waals surface area contributed by atoms with Crippen LogP contribution in [-0.4, -0.2) is 5.33 Å². The molecule has 0 unspecified atom stereocenters. The van der Waals surface area contributed by atoms with Crippen molar-refractivity contribution < 1.29 is 0 Å². The average Bonchev–Trinajstić information content (AvgIpc) is 2.16. The van der Waals surface area contributed by atoms with Crippen LogP contribution in [0.2, 0.25) is 0 Å². The molecule has 13 heavy (non-hydrogen) atoms. The molecule has 0 aliphatic heterocycles. The zero-order chi connectivity index (χ0) is 9.68. The van der Waals surface area contributed by atoms with Crippen LogP contribution in [0.4, 0.5) is 0 Å². The molecule has 0 saturated heterocycles. The summed E-state index contributed by atoms with van der Waals surface area (Å²) in [5.41, 5.74) is 2.66. The van der Waals surface area contributed by atoms with Crippen molar-refractivity contribution in [3.63, 3.8) is 0 Å². The lowest BCUT2D eigenvalue weighted by Crippen LogP contribution is -1.93. The standard InChI is InChI=1S/C10H11BrClI/c11-5-1-2-8-3-4-10(13)6-9(8)7-12/h3-4,6H,1-2,5,7H2. The van der Waals surface area contributed by atoms with Crippen molar-refractivity contribution in [2.24, 2.45) is 0 Å². The van der Waals surface area contributed by atoms with Crippen LogP contribution < -0.4 is 0 Å². The monoisotopic (exact) mass is 372 g/mol. The summed E-state index contributed by atoms with van der Waals surface area (Å²) in [4.78, 5) is 0. The lowest BCUT2D eigenvalue weighted by molar-refractivity contribution is 0.926.